The lowest BCUT2D eigenvalue weighted by Crippen LogP contribution is -2.39. The topological polar surface area (TPSA) is 45.5 Å². The summed E-state index contributed by atoms with van der Waals surface area (Å²) >= 11 is 0. The van der Waals surface area contributed by atoms with E-state index in [2.05, 4.69) is 5.32 Å². The van der Waals surface area contributed by atoms with Crippen LogP contribution in [-0.4, -0.2) is 37.5 Å². The van der Waals surface area contributed by atoms with Crippen molar-refractivity contribution in [3.05, 3.63) is 48.0 Å². The van der Waals surface area contributed by atoms with Crippen LogP contribution in [0.1, 0.15) is 31.4 Å². The van der Waals surface area contributed by atoms with Gasteiger partial charge in [-0.2, -0.15) is 0 Å². The summed E-state index contributed by atoms with van der Waals surface area (Å²) < 4.78 is 19.6. The summed E-state index contributed by atoms with van der Waals surface area (Å²) in [7, 11) is 1.98. The summed E-state index contributed by atoms with van der Waals surface area (Å²) in [6, 6.07) is 10.2. The van der Waals surface area contributed by atoms with Crippen molar-refractivity contribution in [1.29, 1.82) is 0 Å². The molecule has 4 nitrogen and oxygen atoms in total. The molecule has 0 saturated carbocycles. The first kappa shape index (κ1) is 18.6. The highest BCUT2D eigenvalue weighted by atomic mass is 19.1. The van der Waals surface area contributed by atoms with Gasteiger partial charge < -0.3 is 14.6 Å². The van der Waals surface area contributed by atoms with Crippen LogP contribution in [0.5, 0.6) is 0 Å². The van der Waals surface area contributed by atoms with Crippen LogP contribution >= 0.6 is 0 Å². The number of hydrogen-bond acceptors (Lipinski definition) is 3. The molecule has 2 aromatic rings. The number of nitrogens with one attached hydrogen (secondary N) is 1. The zero-order valence-electron chi connectivity index (χ0n) is 15.3. The highest BCUT2D eigenvalue weighted by Crippen LogP contribution is 2.26. The Kier molecular flexibility index (Phi) is 6.45. The van der Waals surface area contributed by atoms with Crippen LogP contribution < -0.4 is 5.32 Å². The van der Waals surface area contributed by atoms with E-state index in [1.807, 2.05) is 18.0 Å². The molecule has 26 heavy (non-hydrogen) atoms. The van der Waals surface area contributed by atoms with Crippen molar-refractivity contribution in [3.8, 4) is 11.3 Å². The quantitative estimate of drug-likeness (QED) is 0.817. The van der Waals surface area contributed by atoms with Gasteiger partial charge in [-0.1, -0.05) is 12.1 Å². The third-order valence-corrected chi connectivity index (χ3v) is 5.16. The van der Waals surface area contributed by atoms with Gasteiger partial charge in [0.15, 0.2) is 0 Å². The van der Waals surface area contributed by atoms with Crippen LogP contribution in [0.2, 0.25) is 0 Å². The Bertz CT molecular complexity index is 720. The molecule has 3 rings (SSSR count). The molecular formula is C21H27FN2O2. The lowest BCUT2D eigenvalue weighted by molar-refractivity contribution is -0.132. The molecule has 1 aromatic heterocycles. The number of carbonyl (C=O) groups is 1. The fourth-order valence-corrected chi connectivity index (χ4v) is 3.53. The Balaban J connectivity index is 1.48. The number of rotatable bonds is 7. The molecule has 5 heteroatoms. The van der Waals surface area contributed by atoms with Crippen LogP contribution in [0.25, 0.3) is 11.3 Å². The average Bonchev–Trinajstić information content (AvgIpc) is 3.14. The lowest BCUT2D eigenvalue weighted by Gasteiger charge is -2.32. The third kappa shape index (κ3) is 4.73. The number of piperidine rings is 1. The molecule has 1 N–H and O–H groups in total. The lowest BCUT2D eigenvalue weighted by atomic mass is 9.93. The summed E-state index contributed by atoms with van der Waals surface area (Å²) in [6.07, 6.45) is 4.35. The molecule has 1 fully saturated rings. The second kappa shape index (κ2) is 8.99. The van der Waals surface area contributed by atoms with Crippen LogP contribution in [0.4, 0.5) is 4.39 Å². The Hall–Kier alpha value is -2.14. The Morgan fingerprint density at radius 1 is 1.23 bits per heavy atom. The van der Waals surface area contributed by atoms with Gasteiger partial charge >= 0.3 is 0 Å². The minimum Gasteiger partial charge on any atom is -0.461 e. The molecule has 0 unspecified atom stereocenters. The fourth-order valence-electron chi connectivity index (χ4n) is 3.53. The van der Waals surface area contributed by atoms with Gasteiger partial charge in [-0.25, -0.2) is 4.39 Å². The molecule has 2 heterocycles. The Morgan fingerprint density at radius 2 is 2.00 bits per heavy atom. The molecule has 0 spiro atoms. The molecule has 0 atom stereocenters. The predicted octanol–water partition coefficient (Wildman–Crippen LogP) is 3.87. The molecule has 1 aliphatic rings. The second-order valence-corrected chi connectivity index (χ2v) is 6.96. The Labute approximate surface area is 154 Å². The molecule has 0 aliphatic carbocycles. The van der Waals surface area contributed by atoms with Crippen molar-refractivity contribution in [1.82, 2.24) is 10.2 Å². The first-order chi connectivity index (χ1) is 12.7. The van der Waals surface area contributed by atoms with E-state index >= 15 is 0 Å². The number of hydrogen-bond donors (Lipinski definition) is 1. The van der Waals surface area contributed by atoms with E-state index in [0.29, 0.717) is 24.2 Å². The number of carbonyl (C=O) groups excluding carboxylic acids is 1. The Morgan fingerprint density at radius 3 is 2.73 bits per heavy atom. The maximum absolute atomic E-state index is 13.8. The number of amides is 1. The van der Waals surface area contributed by atoms with E-state index in [0.717, 1.165) is 44.2 Å². The standard InChI is InChI=1S/C21H27FN2O2/c1-23-13-10-16-11-14-24(15-12-16)21(25)9-7-17-6-8-20(26-17)18-4-2-3-5-19(18)22/h2-6,8,16,23H,7,9-15H2,1H3. The zero-order valence-corrected chi connectivity index (χ0v) is 15.3. The number of benzene rings is 1. The van der Waals surface area contributed by atoms with E-state index in [1.54, 1.807) is 24.3 Å². The number of aryl methyl sites for hydroxylation is 1. The molecule has 1 saturated heterocycles. The first-order valence-electron chi connectivity index (χ1n) is 9.43. The summed E-state index contributed by atoms with van der Waals surface area (Å²) in [5.41, 5.74) is 0.453. The number of furan rings is 1. The summed E-state index contributed by atoms with van der Waals surface area (Å²) in [5, 5.41) is 3.19. The number of likely N-dealkylation sites (tertiary alicyclic amines) is 1. The largest absolute Gasteiger partial charge is 0.461 e. The van der Waals surface area contributed by atoms with Crippen LogP contribution in [0.3, 0.4) is 0 Å². The van der Waals surface area contributed by atoms with E-state index in [9.17, 15) is 9.18 Å². The molecule has 1 amide bonds. The van der Waals surface area contributed by atoms with Crippen molar-refractivity contribution >= 4 is 5.91 Å². The number of halogens is 1. The van der Waals surface area contributed by atoms with Crippen molar-refractivity contribution in [2.45, 2.75) is 32.1 Å². The van der Waals surface area contributed by atoms with Crippen molar-refractivity contribution in [2.24, 2.45) is 5.92 Å². The maximum Gasteiger partial charge on any atom is 0.223 e. The molecular weight excluding hydrogens is 331 g/mol. The minimum absolute atomic E-state index is 0.181. The van der Waals surface area contributed by atoms with Crippen molar-refractivity contribution < 1.29 is 13.6 Å². The molecule has 140 valence electrons. The SMILES string of the molecule is CNCCC1CCN(C(=O)CCc2ccc(-c3ccccc3F)o2)CC1. The van der Waals surface area contributed by atoms with Crippen molar-refractivity contribution in [2.75, 3.05) is 26.7 Å². The third-order valence-electron chi connectivity index (χ3n) is 5.16. The van der Waals surface area contributed by atoms with Gasteiger partial charge in [-0.15, -0.1) is 0 Å². The minimum atomic E-state index is -0.300. The van der Waals surface area contributed by atoms with Gasteiger partial charge in [0.2, 0.25) is 5.91 Å². The summed E-state index contributed by atoms with van der Waals surface area (Å²) in [4.78, 5) is 14.4. The molecule has 0 radical (unpaired) electrons. The van der Waals surface area contributed by atoms with Crippen LogP contribution in [0.15, 0.2) is 40.8 Å². The summed E-state index contributed by atoms with van der Waals surface area (Å²) in [5.74, 6) is 1.84. The molecule has 1 aliphatic heterocycles. The van der Waals surface area contributed by atoms with Crippen molar-refractivity contribution in [3.63, 3.8) is 0 Å². The van der Waals surface area contributed by atoms with E-state index in [1.165, 1.54) is 12.5 Å². The van der Waals surface area contributed by atoms with Gasteiger partial charge in [-0.3, -0.25) is 4.79 Å². The van der Waals surface area contributed by atoms with E-state index < -0.39 is 0 Å². The first-order valence-corrected chi connectivity index (χ1v) is 9.43. The zero-order chi connectivity index (χ0) is 18.4. The van der Waals surface area contributed by atoms with E-state index in [4.69, 9.17) is 4.42 Å². The van der Waals surface area contributed by atoms with Gasteiger partial charge in [0.1, 0.15) is 17.3 Å². The average molecular weight is 358 g/mol. The highest BCUT2D eigenvalue weighted by Gasteiger charge is 2.22. The van der Waals surface area contributed by atoms with Crippen LogP contribution in [-0.2, 0) is 11.2 Å². The fraction of sp³-hybridized carbons (Fsp3) is 0.476. The smallest absolute Gasteiger partial charge is 0.223 e. The monoisotopic (exact) mass is 358 g/mol. The van der Waals surface area contributed by atoms with Gasteiger partial charge in [-0.05, 0) is 63.0 Å². The summed E-state index contributed by atoms with van der Waals surface area (Å²) in [6.45, 7) is 2.75. The molecule has 0 bridgehead atoms. The maximum atomic E-state index is 13.8. The number of nitrogens with zero attached hydrogens (tertiary/aromatic N) is 1. The molecule has 1 aromatic carbocycles. The van der Waals surface area contributed by atoms with Crippen LogP contribution in [0, 0.1) is 11.7 Å². The predicted molar refractivity (Wildman–Crippen MR) is 100 cm³/mol. The van der Waals surface area contributed by atoms with E-state index in [-0.39, 0.29) is 11.7 Å². The van der Waals surface area contributed by atoms with Gasteiger partial charge in [0.05, 0.1) is 5.56 Å². The highest BCUT2D eigenvalue weighted by molar-refractivity contribution is 5.76. The second-order valence-electron chi connectivity index (χ2n) is 6.96. The van der Waals surface area contributed by atoms with Gasteiger partial charge in [0, 0.05) is 25.9 Å². The van der Waals surface area contributed by atoms with Gasteiger partial charge in [0.25, 0.3) is 0 Å². The normalized spacial score (nSPS) is 15.4.